The minimum Gasteiger partial charge on any atom is -0.308 e. The van der Waals surface area contributed by atoms with Crippen molar-refractivity contribution >= 4 is 5.82 Å². The summed E-state index contributed by atoms with van der Waals surface area (Å²) in [6, 6.07) is 6.01. The number of nitrogens with zero attached hydrogens (tertiary/aromatic N) is 2. The molecule has 2 rings (SSSR count). The Morgan fingerprint density at radius 2 is 1.95 bits per heavy atom. The molecule has 1 aromatic heterocycles. The number of hydrogen-bond acceptors (Lipinski definition) is 4. The Balaban J connectivity index is 2.53. The number of benzene rings is 1. The highest BCUT2D eigenvalue weighted by Gasteiger charge is 2.12. The molecule has 0 radical (unpaired) electrons. The number of rotatable bonds is 3. The van der Waals surface area contributed by atoms with Gasteiger partial charge in [-0.05, 0) is 19.9 Å². The van der Waals surface area contributed by atoms with Gasteiger partial charge in [0.2, 0.25) is 0 Å². The first-order valence-electron chi connectivity index (χ1n) is 5.73. The quantitative estimate of drug-likeness (QED) is 0.660. The van der Waals surface area contributed by atoms with E-state index in [0.29, 0.717) is 17.2 Å². The molecule has 0 aliphatic heterocycles. The third kappa shape index (κ3) is 2.68. The molecule has 0 atom stereocenters. The van der Waals surface area contributed by atoms with Crippen LogP contribution in [0.5, 0.6) is 0 Å². The van der Waals surface area contributed by atoms with Gasteiger partial charge in [-0.1, -0.05) is 18.2 Å². The van der Waals surface area contributed by atoms with Gasteiger partial charge in [0.05, 0.1) is 0 Å². The molecule has 1 heterocycles. The molecule has 0 bridgehead atoms. The Labute approximate surface area is 109 Å². The summed E-state index contributed by atoms with van der Waals surface area (Å²) in [5, 5.41) is 0. The summed E-state index contributed by atoms with van der Waals surface area (Å²) in [7, 11) is 0. The minimum absolute atomic E-state index is 0.0541. The van der Waals surface area contributed by atoms with Crippen molar-refractivity contribution in [3.05, 3.63) is 41.1 Å². The summed E-state index contributed by atoms with van der Waals surface area (Å²) in [4.78, 5) is 8.53. The number of aromatic nitrogens is 2. The molecular formula is C13H14F2N4. The third-order valence-corrected chi connectivity index (χ3v) is 2.92. The van der Waals surface area contributed by atoms with Crippen molar-refractivity contribution in [1.82, 2.24) is 9.97 Å². The fourth-order valence-electron chi connectivity index (χ4n) is 1.71. The molecule has 0 aliphatic rings. The predicted molar refractivity (Wildman–Crippen MR) is 69.7 cm³/mol. The van der Waals surface area contributed by atoms with Crippen LogP contribution in [0.3, 0.4) is 0 Å². The van der Waals surface area contributed by atoms with E-state index in [1.807, 2.05) is 13.8 Å². The van der Waals surface area contributed by atoms with Gasteiger partial charge in [-0.2, -0.15) is 0 Å². The zero-order chi connectivity index (χ0) is 14.0. The monoisotopic (exact) mass is 264 g/mol. The smallest absolute Gasteiger partial charge is 0.263 e. The van der Waals surface area contributed by atoms with Crippen LogP contribution in [0.2, 0.25) is 0 Å². The number of nitrogen functional groups attached to an aromatic ring is 1. The Hall–Kier alpha value is -2.08. The summed E-state index contributed by atoms with van der Waals surface area (Å²) in [6.07, 6.45) is -2.52. The van der Waals surface area contributed by atoms with Gasteiger partial charge in [0, 0.05) is 22.4 Å². The van der Waals surface area contributed by atoms with Crippen LogP contribution in [0.25, 0.3) is 11.4 Å². The average Bonchev–Trinajstić information content (AvgIpc) is 2.41. The lowest BCUT2D eigenvalue weighted by Gasteiger charge is -2.10. The number of alkyl halides is 2. The fraction of sp³-hybridized carbons (Fsp3) is 0.231. The van der Waals surface area contributed by atoms with Crippen LogP contribution >= 0.6 is 0 Å². The average molecular weight is 264 g/mol. The van der Waals surface area contributed by atoms with Crippen molar-refractivity contribution < 1.29 is 8.78 Å². The van der Waals surface area contributed by atoms with Crippen molar-refractivity contribution in [3.8, 4) is 11.4 Å². The highest BCUT2D eigenvalue weighted by molar-refractivity contribution is 5.60. The lowest BCUT2D eigenvalue weighted by atomic mass is 10.1. The van der Waals surface area contributed by atoms with Gasteiger partial charge in [0.1, 0.15) is 5.82 Å². The van der Waals surface area contributed by atoms with Gasteiger partial charge in [-0.3, -0.25) is 0 Å². The molecule has 0 unspecified atom stereocenters. The maximum atomic E-state index is 12.7. The lowest BCUT2D eigenvalue weighted by molar-refractivity contribution is 0.151. The van der Waals surface area contributed by atoms with Crippen molar-refractivity contribution in [1.29, 1.82) is 0 Å². The zero-order valence-corrected chi connectivity index (χ0v) is 10.6. The van der Waals surface area contributed by atoms with Crippen LogP contribution in [-0.4, -0.2) is 9.97 Å². The van der Waals surface area contributed by atoms with E-state index >= 15 is 0 Å². The summed E-state index contributed by atoms with van der Waals surface area (Å²) in [5.41, 5.74) is 4.55. The number of nitrogens with two attached hydrogens (primary N) is 1. The number of halogens is 2. The Morgan fingerprint density at radius 3 is 2.58 bits per heavy atom. The Bertz CT molecular complexity index is 599. The van der Waals surface area contributed by atoms with Crippen molar-refractivity contribution in [2.75, 3.05) is 5.43 Å². The van der Waals surface area contributed by atoms with Crippen LogP contribution in [0.1, 0.15) is 23.2 Å². The number of anilines is 1. The van der Waals surface area contributed by atoms with Gasteiger partial charge in [-0.15, -0.1) is 0 Å². The summed E-state index contributed by atoms with van der Waals surface area (Å²) in [5.74, 6) is 6.25. The number of hydrogen-bond donors (Lipinski definition) is 2. The van der Waals surface area contributed by atoms with E-state index in [4.69, 9.17) is 5.84 Å². The summed E-state index contributed by atoms with van der Waals surface area (Å²) < 4.78 is 25.4. The molecule has 0 spiro atoms. The molecule has 0 saturated heterocycles. The Kier molecular flexibility index (Phi) is 3.71. The first-order valence-corrected chi connectivity index (χ1v) is 5.73. The zero-order valence-electron chi connectivity index (χ0n) is 10.6. The van der Waals surface area contributed by atoms with Crippen LogP contribution < -0.4 is 11.3 Å². The molecular weight excluding hydrogens is 250 g/mol. The van der Waals surface area contributed by atoms with Gasteiger partial charge in [0.15, 0.2) is 5.82 Å². The molecule has 3 N–H and O–H groups in total. The molecule has 0 saturated carbocycles. The molecule has 19 heavy (non-hydrogen) atoms. The second-order valence-electron chi connectivity index (χ2n) is 4.18. The van der Waals surface area contributed by atoms with Crippen LogP contribution in [0.4, 0.5) is 14.6 Å². The van der Waals surface area contributed by atoms with E-state index in [0.717, 1.165) is 11.3 Å². The number of aryl methyl sites for hydroxylation is 1. The third-order valence-electron chi connectivity index (χ3n) is 2.92. The minimum atomic E-state index is -2.52. The molecule has 2 aromatic rings. The van der Waals surface area contributed by atoms with Gasteiger partial charge >= 0.3 is 0 Å². The first kappa shape index (κ1) is 13.4. The Morgan fingerprint density at radius 1 is 1.21 bits per heavy atom. The normalized spacial score (nSPS) is 10.8. The molecule has 100 valence electrons. The van der Waals surface area contributed by atoms with Gasteiger partial charge in [-0.25, -0.2) is 24.6 Å². The maximum Gasteiger partial charge on any atom is 0.263 e. The van der Waals surface area contributed by atoms with E-state index in [9.17, 15) is 8.78 Å². The highest BCUT2D eigenvalue weighted by atomic mass is 19.3. The predicted octanol–water partition coefficient (Wildman–Crippen LogP) is 2.98. The molecule has 1 aromatic carbocycles. The van der Waals surface area contributed by atoms with Crippen LogP contribution in [0.15, 0.2) is 24.3 Å². The summed E-state index contributed by atoms with van der Waals surface area (Å²) >= 11 is 0. The second-order valence-corrected chi connectivity index (χ2v) is 4.18. The summed E-state index contributed by atoms with van der Waals surface area (Å²) in [6.45, 7) is 3.65. The standard InChI is InChI=1S/C13H14F2N4/c1-7-8(2)17-13(18-12(7)19-16)10-5-3-4-9(6-10)11(14)15/h3-6,11H,16H2,1-2H3,(H,17,18,19). The van der Waals surface area contributed by atoms with Gasteiger partial charge < -0.3 is 5.43 Å². The van der Waals surface area contributed by atoms with E-state index in [2.05, 4.69) is 15.4 Å². The van der Waals surface area contributed by atoms with Crippen molar-refractivity contribution in [3.63, 3.8) is 0 Å². The topological polar surface area (TPSA) is 63.8 Å². The van der Waals surface area contributed by atoms with E-state index in [1.165, 1.54) is 12.1 Å². The molecule has 6 heteroatoms. The van der Waals surface area contributed by atoms with Crippen molar-refractivity contribution in [2.24, 2.45) is 5.84 Å². The lowest BCUT2D eigenvalue weighted by Crippen LogP contribution is -2.12. The van der Waals surface area contributed by atoms with Gasteiger partial charge in [0.25, 0.3) is 6.43 Å². The van der Waals surface area contributed by atoms with E-state index in [-0.39, 0.29) is 5.56 Å². The van der Waals surface area contributed by atoms with E-state index in [1.54, 1.807) is 12.1 Å². The molecule has 4 nitrogen and oxygen atoms in total. The SMILES string of the molecule is Cc1nc(-c2cccc(C(F)F)c2)nc(NN)c1C. The highest BCUT2D eigenvalue weighted by Crippen LogP contribution is 2.25. The van der Waals surface area contributed by atoms with Crippen LogP contribution in [-0.2, 0) is 0 Å². The molecule has 0 fully saturated rings. The van der Waals surface area contributed by atoms with Crippen molar-refractivity contribution in [2.45, 2.75) is 20.3 Å². The first-order chi connectivity index (χ1) is 9.02. The van der Waals surface area contributed by atoms with E-state index < -0.39 is 6.43 Å². The second kappa shape index (κ2) is 5.27. The molecule has 0 aliphatic carbocycles. The number of nitrogens with one attached hydrogen (secondary N) is 1. The maximum absolute atomic E-state index is 12.7. The fourth-order valence-corrected chi connectivity index (χ4v) is 1.71. The molecule has 0 amide bonds. The number of hydrazine groups is 1. The van der Waals surface area contributed by atoms with Crippen LogP contribution in [0, 0.1) is 13.8 Å². The largest absolute Gasteiger partial charge is 0.308 e.